The van der Waals surface area contributed by atoms with E-state index in [1.807, 2.05) is 4.72 Å². The number of nitrogens with zero attached hydrogens (tertiary/aromatic N) is 1. The lowest BCUT2D eigenvalue weighted by Gasteiger charge is -2.25. The van der Waals surface area contributed by atoms with Gasteiger partial charge >= 0.3 is 18.5 Å². The average Bonchev–Trinajstić information content (AvgIpc) is 3.23. The number of nitrogens with one attached hydrogen (secondary N) is 2. The van der Waals surface area contributed by atoms with Crippen LogP contribution in [0.1, 0.15) is 49.2 Å². The van der Waals surface area contributed by atoms with E-state index in [0.29, 0.717) is 23.5 Å². The third-order valence-electron chi connectivity index (χ3n) is 5.75. The molecule has 4 N–H and O–H groups in total. The van der Waals surface area contributed by atoms with Gasteiger partial charge in [0.25, 0.3) is 10.0 Å². The summed E-state index contributed by atoms with van der Waals surface area (Å²) in [5.74, 6) is -1.05. The highest BCUT2D eigenvalue weighted by atomic mass is 32.2. The molecule has 4 rings (SSSR count). The number of benzene rings is 2. The molecule has 7 nitrogen and oxygen atoms in total. The Morgan fingerprint density at radius 3 is 2.02 bits per heavy atom. The van der Waals surface area contributed by atoms with Gasteiger partial charge in [-0.1, -0.05) is 11.3 Å². The van der Waals surface area contributed by atoms with Crippen molar-refractivity contribution >= 4 is 32.4 Å². The van der Waals surface area contributed by atoms with Crippen LogP contribution in [0.15, 0.2) is 41.3 Å². The van der Waals surface area contributed by atoms with Gasteiger partial charge in [0.1, 0.15) is 0 Å². The third kappa shape index (κ3) is 6.02. The maximum Gasteiger partial charge on any atom is 0.416 e. The first kappa shape index (κ1) is 29.6. The van der Waals surface area contributed by atoms with Gasteiger partial charge in [-0.2, -0.15) is 39.5 Å². The maximum atomic E-state index is 13.4. The number of hydrogen-bond acceptors (Lipinski definition) is 6. The van der Waals surface area contributed by atoms with Crippen LogP contribution in [0.5, 0.6) is 0 Å². The number of thiazole rings is 1. The number of aromatic nitrogens is 1. The summed E-state index contributed by atoms with van der Waals surface area (Å²) >= 11 is 0.571. The van der Waals surface area contributed by atoms with Gasteiger partial charge in [-0.25, -0.2) is 13.4 Å². The highest BCUT2D eigenvalue weighted by Crippen LogP contribution is 2.41. The minimum Gasteiger partial charge on any atom is -0.366 e. The summed E-state index contributed by atoms with van der Waals surface area (Å²) in [6, 6.07) is 0.931. The van der Waals surface area contributed by atoms with E-state index in [9.17, 15) is 52.7 Å². The largest absolute Gasteiger partial charge is 0.416 e. The van der Waals surface area contributed by atoms with E-state index >= 15 is 0 Å². The van der Waals surface area contributed by atoms with E-state index < -0.39 is 67.2 Å². The van der Waals surface area contributed by atoms with Gasteiger partial charge in [0.15, 0.2) is 5.13 Å². The normalized spacial score (nSPS) is 16.5. The lowest BCUT2D eigenvalue weighted by atomic mass is 9.93. The standard InChI is InChI=1S/C22H15F9N4O3S2/c23-20(24,25)9-1-2-13(18(32)36)14(8-9)16-17-15(3-4-33-16)34-19(39-17)35-40(37,38)12-6-10(21(26,27)28)5-11(7-12)22(29,30)31/h1-2,5-8,16,33H,3-4H2,(H2,32,36)(H,34,35). The quantitative estimate of drug-likeness (QED) is 0.335. The van der Waals surface area contributed by atoms with Crippen LogP contribution in [0.3, 0.4) is 0 Å². The molecule has 216 valence electrons. The second-order valence-corrected chi connectivity index (χ2v) is 11.2. The fourth-order valence-corrected chi connectivity index (χ4v) is 6.36. The maximum absolute atomic E-state index is 13.4. The number of alkyl halides is 9. The molecule has 0 spiro atoms. The zero-order chi connectivity index (χ0) is 29.8. The van der Waals surface area contributed by atoms with Crippen LogP contribution in [0.4, 0.5) is 44.6 Å². The minimum absolute atomic E-state index is 0.0250. The van der Waals surface area contributed by atoms with E-state index in [-0.39, 0.29) is 52.9 Å². The highest BCUT2D eigenvalue weighted by molar-refractivity contribution is 7.93. The second kappa shape index (κ2) is 9.91. The Balaban J connectivity index is 1.76. The van der Waals surface area contributed by atoms with Crippen LogP contribution in [0.25, 0.3) is 0 Å². The molecule has 1 amide bonds. The molecule has 1 aliphatic rings. The fourth-order valence-electron chi connectivity index (χ4n) is 3.95. The molecule has 0 saturated heterocycles. The van der Waals surface area contributed by atoms with E-state index in [2.05, 4.69) is 10.3 Å². The molecule has 0 radical (unpaired) electrons. The number of amides is 1. The summed E-state index contributed by atoms with van der Waals surface area (Å²) < 4.78 is 147. The molecule has 0 bridgehead atoms. The van der Waals surface area contributed by atoms with Gasteiger partial charge in [-0.3, -0.25) is 9.52 Å². The molecule has 0 fully saturated rings. The Labute approximate surface area is 223 Å². The van der Waals surface area contributed by atoms with Gasteiger partial charge in [0, 0.05) is 18.5 Å². The van der Waals surface area contributed by atoms with Crippen molar-refractivity contribution in [2.75, 3.05) is 11.3 Å². The Bertz CT molecular complexity index is 1550. The highest BCUT2D eigenvalue weighted by Gasteiger charge is 2.39. The second-order valence-electron chi connectivity index (χ2n) is 8.48. The molecule has 1 unspecified atom stereocenters. The van der Waals surface area contributed by atoms with Crippen molar-refractivity contribution in [2.45, 2.75) is 35.9 Å². The molecule has 2 aromatic carbocycles. The number of hydrogen-bond donors (Lipinski definition) is 3. The number of sulfonamides is 1. The van der Waals surface area contributed by atoms with Crippen molar-refractivity contribution in [3.05, 3.63) is 74.8 Å². The predicted molar refractivity (Wildman–Crippen MR) is 123 cm³/mol. The smallest absolute Gasteiger partial charge is 0.366 e. The van der Waals surface area contributed by atoms with Crippen molar-refractivity contribution in [1.29, 1.82) is 0 Å². The Morgan fingerprint density at radius 1 is 0.925 bits per heavy atom. The van der Waals surface area contributed by atoms with E-state index in [0.717, 1.165) is 6.07 Å². The molecule has 1 aromatic heterocycles. The summed E-state index contributed by atoms with van der Waals surface area (Å²) in [5.41, 5.74) is 0.249. The van der Waals surface area contributed by atoms with Crippen LogP contribution in [0, 0.1) is 0 Å². The summed E-state index contributed by atoms with van der Waals surface area (Å²) in [7, 11) is -5.05. The first-order chi connectivity index (χ1) is 18.3. The van der Waals surface area contributed by atoms with Gasteiger partial charge in [-0.15, -0.1) is 0 Å². The monoisotopic (exact) mass is 618 g/mol. The van der Waals surface area contributed by atoms with Crippen LogP contribution < -0.4 is 15.8 Å². The molecule has 0 saturated carbocycles. The number of rotatable bonds is 5. The number of primary amides is 1. The van der Waals surface area contributed by atoms with Crippen LogP contribution >= 0.6 is 11.3 Å². The molecule has 1 aliphatic heterocycles. The first-order valence-corrected chi connectivity index (χ1v) is 13.1. The summed E-state index contributed by atoms with van der Waals surface area (Å²) in [6.45, 7) is 0.116. The zero-order valence-corrected chi connectivity index (χ0v) is 21.1. The number of anilines is 1. The number of nitrogens with two attached hydrogens (primary N) is 1. The van der Waals surface area contributed by atoms with Crippen molar-refractivity contribution in [1.82, 2.24) is 10.3 Å². The van der Waals surface area contributed by atoms with Crippen LogP contribution in [-0.4, -0.2) is 25.9 Å². The lowest BCUT2D eigenvalue weighted by Crippen LogP contribution is -2.31. The molecule has 18 heteroatoms. The van der Waals surface area contributed by atoms with Gasteiger partial charge in [0.05, 0.1) is 38.2 Å². The molecule has 1 atom stereocenters. The van der Waals surface area contributed by atoms with Crippen molar-refractivity contribution in [3.8, 4) is 0 Å². The Hall–Kier alpha value is -3.38. The molecular weight excluding hydrogens is 603 g/mol. The van der Waals surface area contributed by atoms with Crippen molar-refractivity contribution in [2.24, 2.45) is 5.73 Å². The topological polar surface area (TPSA) is 114 Å². The Kier molecular flexibility index (Phi) is 7.34. The van der Waals surface area contributed by atoms with Crippen molar-refractivity contribution in [3.63, 3.8) is 0 Å². The van der Waals surface area contributed by atoms with E-state index in [1.54, 1.807) is 0 Å². The van der Waals surface area contributed by atoms with E-state index in [4.69, 9.17) is 5.73 Å². The molecule has 40 heavy (non-hydrogen) atoms. The van der Waals surface area contributed by atoms with Gasteiger partial charge < -0.3 is 11.1 Å². The Morgan fingerprint density at radius 2 is 1.50 bits per heavy atom. The number of halogens is 9. The SMILES string of the molecule is NC(=O)c1ccc(C(F)(F)F)cc1C1NCCc2nc(NS(=O)(=O)c3cc(C(F)(F)F)cc(C(F)(F)F)c3)sc21. The molecular formula is C22H15F9N4O3S2. The summed E-state index contributed by atoms with van der Waals surface area (Å²) in [4.78, 5) is 14.8. The third-order valence-corrected chi connectivity index (χ3v) is 8.27. The lowest BCUT2D eigenvalue weighted by molar-refractivity contribution is -0.143. The van der Waals surface area contributed by atoms with Crippen LogP contribution in [-0.2, 0) is 35.0 Å². The molecule has 2 heterocycles. The first-order valence-electron chi connectivity index (χ1n) is 10.8. The molecule has 0 aliphatic carbocycles. The van der Waals surface area contributed by atoms with Crippen molar-refractivity contribution < 1.29 is 52.7 Å². The van der Waals surface area contributed by atoms with Gasteiger partial charge in [-0.05, 0) is 42.0 Å². The van der Waals surface area contributed by atoms with Gasteiger partial charge in [0.2, 0.25) is 5.91 Å². The zero-order valence-electron chi connectivity index (χ0n) is 19.4. The number of carbonyl (C=O) groups excluding carboxylic acids is 1. The number of fused-ring (bicyclic) bond motifs is 1. The van der Waals surface area contributed by atoms with Crippen LogP contribution in [0.2, 0.25) is 0 Å². The predicted octanol–water partition coefficient (Wildman–Crippen LogP) is 5.33. The summed E-state index contributed by atoms with van der Waals surface area (Å²) in [6.07, 6.45) is -15.2. The number of carbonyl (C=O) groups is 1. The average molecular weight is 619 g/mol. The molecule has 3 aromatic rings. The fraction of sp³-hybridized carbons (Fsp3) is 0.273. The minimum atomic E-state index is -5.30. The summed E-state index contributed by atoms with van der Waals surface area (Å²) in [5, 5.41) is 2.41. The van der Waals surface area contributed by atoms with E-state index in [1.165, 1.54) is 0 Å².